The van der Waals surface area contributed by atoms with Crippen molar-refractivity contribution < 1.29 is 19.1 Å². The van der Waals surface area contributed by atoms with E-state index in [9.17, 15) is 19.1 Å². The Balaban J connectivity index is 1.57. The summed E-state index contributed by atoms with van der Waals surface area (Å²) >= 11 is 0. The maximum Gasteiger partial charge on any atom is 0.274 e. The Kier molecular flexibility index (Phi) is 6.62. The second-order valence-corrected chi connectivity index (χ2v) is 8.77. The molecule has 3 aromatic rings. The van der Waals surface area contributed by atoms with Crippen LogP contribution < -0.4 is 5.32 Å². The number of pyridine rings is 1. The number of benzene rings is 1. The fraction of sp³-hybridized carbons (Fsp3) is 0.400. The molecule has 0 saturated heterocycles. The van der Waals surface area contributed by atoms with Crippen LogP contribution in [-0.2, 0) is 5.41 Å². The number of halogens is 1. The van der Waals surface area contributed by atoms with Crippen molar-refractivity contribution in [1.82, 2.24) is 19.8 Å². The van der Waals surface area contributed by atoms with Gasteiger partial charge in [0.25, 0.3) is 11.8 Å². The minimum Gasteiger partial charge on any atom is -0.508 e. The summed E-state index contributed by atoms with van der Waals surface area (Å²) in [6.45, 7) is -0.164. The molecule has 1 saturated carbocycles. The first-order valence-corrected chi connectivity index (χ1v) is 11.3. The van der Waals surface area contributed by atoms with Gasteiger partial charge in [-0.2, -0.15) is 5.10 Å². The van der Waals surface area contributed by atoms with E-state index >= 15 is 0 Å². The zero-order valence-corrected chi connectivity index (χ0v) is 18.8. The Morgan fingerprint density at radius 2 is 1.91 bits per heavy atom. The Morgan fingerprint density at radius 1 is 1.18 bits per heavy atom. The van der Waals surface area contributed by atoms with E-state index in [1.54, 1.807) is 36.5 Å². The minimum absolute atomic E-state index is 0.0145. The summed E-state index contributed by atoms with van der Waals surface area (Å²) in [5.41, 5.74) is 2.05. The van der Waals surface area contributed by atoms with Gasteiger partial charge in [0.15, 0.2) is 5.69 Å². The number of fused-ring (bicyclic) bond motifs is 1. The van der Waals surface area contributed by atoms with Crippen molar-refractivity contribution in [2.75, 3.05) is 26.8 Å². The number of aromatic nitrogens is 2. The molecule has 4 rings (SSSR count). The Hall–Kier alpha value is -3.42. The van der Waals surface area contributed by atoms with Gasteiger partial charge in [-0.25, -0.2) is 8.91 Å². The van der Waals surface area contributed by atoms with Crippen LogP contribution in [0.25, 0.3) is 5.52 Å². The van der Waals surface area contributed by atoms with E-state index in [0.717, 1.165) is 31.2 Å². The molecule has 0 radical (unpaired) electrons. The number of amides is 2. The summed E-state index contributed by atoms with van der Waals surface area (Å²) in [7, 11) is 1.52. The van der Waals surface area contributed by atoms with Gasteiger partial charge in [-0.3, -0.25) is 9.59 Å². The van der Waals surface area contributed by atoms with Crippen LogP contribution in [0.4, 0.5) is 4.39 Å². The van der Waals surface area contributed by atoms with Crippen LogP contribution in [0.1, 0.15) is 58.5 Å². The highest BCUT2D eigenvalue weighted by Crippen LogP contribution is 2.39. The zero-order chi connectivity index (χ0) is 23.4. The predicted molar refractivity (Wildman–Crippen MR) is 123 cm³/mol. The molecule has 7 nitrogen and oxygen atoms in total. The van der Waals surface area contributed by atoms with Gasteiger partial charge in [0, 0.05) is 31.7 Å². The van der Waals surface area contributed by atoms with E-state index in [0.29, 0.717) is 17.6 Å². The Labute approximate surface area is 192 Å². The third-order valence-electron chi connectivity index (χ3n) is 6.61. The van der Waals surface area contributed by atoms with E-state index in [-0.39, 0.29) is 29.3 Å². The third-order valence-corrected chi connectivity index (χ3v) is 6.61. The lowest BCUT2D eigenvalue weighted by molar-refractivity contribution is 0.0779. The second kappa shape index (κ2) is 9.60. The largest absolute Gasteiger partial charge is 0.508 e. The number of rotatable bonds is 7. The number of carbonyl (C=O) groups is 2. The SMILES string of the molecule is CN(CCF)C(=O)c1cc2c(C(=O)NCC3(c4ccc(O)cc4)CCCCC3)cccn2n1. The van der Waals surface area contributed by atoms with E-state index < -0.39 is 12.6 Å². The molecule has 1 aliphatic rings. The van der Waals surface area contributed by atoms with Crippen molar-refractivity contribution in [1.29, 1.82) is 0 Å². The van der Waals surface area contributed by atoms with Crippen molar-refractivity contribution in [2.24, 2.45) is 0 Å². The molecule has 2 amide bonds. The first-order chi connectivity index (χ1) is 15.9. The first kappa shape index (κ1) is 22.8. The lowest BCUT2D eigenvalue weighted by atomic mass is 9.69. The highest BCUT2D eigenvalue weighted by Gasteiger charge is 2.34. The van der Waals surface area contributed by atoms with Crippen LogP contribution >= 0.6 is 0 Å². The number of hydrogen-bond acceptors (Lipinski definition) is 4. The number of phenolic OH excluding ortho intramolecular Hbond substituents is 1. The lowest BCUT2D eigenvalue weighted by Crippen LogP contribution is -2.42. The molecule has 0 spiro atoms. The van der Waals surface area contributed by atoms with Crippen LogP contribution in [0.2, 0.25) is 0 Å². The van der Waals surface area contributed by atoms with Crippen molar-refractivity contribution in [3.8, 4) is 5.75 Å². The summed E-state index contributed by atoms with van der Waals surface area (Å²) in [6.07, 6.45) is 6.97. The normalized spacial score (nSPS) is 15.3. The van der Waals surface area contributed by atoms with Crippen LogP contribution in [0.3, 0.4) is 0 Å². The van der Waals surface area contributed by atoms with Crippen LogP contribution in [-0.4, -0.2) is 58.2 Å². The zero-order valence-electron chi connectivity index (χ0n) is 18.8. The lowest BCUT2D eigenvalue weighted by Gasteiger charge is -2.38. The topological polar surface area (TPSA) is 86.9 Å². The summed E-state index contributed by atoms with van der Waals surface area (Å²) in [6, 6.07) is 12.3. The van der Waals surface area contributed by atoms with Crippen molar-refractivity contribution >= 4 is 17.3 Å². The van der Waals surface area contributed by atoms with E-state index in [1.807, 2.05) is 12.1 Å². The standard InChI is InChI=1S/C25H29FN4O3/c1-29(15-13-26)24(33)21-16-22-20(6-5-14-30(22)28-21)23(32)27-17-25(11-3-2-4-12-25)18-7-9-19(31)10-8-18/h5-10,14,16,31H,2-4,11-13,15,17H2,1H3,(H,27,32). The van der Waals surface area contributed by atoms with Gasteiger partial charge >= 0.3 is 0 Å². The number of alkyl halides is 1. The molecule has 8 heteroatoms. The fourth-order valence-corrected chi connectivity index (χ4v) is 4.69. The number of carbonyl (C=O) groups excluding carboxylic acids is 2. The smallest absolute Gasteiger partial charge is 0.274 e. The van der Waals surface area contributed by atoms with Gasteiger partial charge in [0.2, 0.25) is 0 Å². The molecule has 1 aromatic carbocycles. The monoisotopic (exact) mass is 452 g/mol. The molecular weight excluding hydrogens is 423 g/mol. The number of phenols is 1. The van der Waals surface area contributed by atoms with E-state index in [2.05, 4.69) is 10.4 Å². The average Bonchev–Trinajstić information content (AvgIpc) is 3.27. The van der Waals surface area contributed by atoms with Crippen LogP contribution in [0.5, 0.6) is 5.75 Å². The quantitative estimate of drug-likeness (QED) is 0.572. The van der Waals surface area contributed by atoms with E-state index in [1.165, 1.54) is 22.9 Å². The average molecular weight is 453 g/mol. The maximum absolute atomic E-state index is 13.2. The molecule has 1 fully saturated rings. The number of hydrogen-bond donors (Lipinski definition) is 2. The van der Waals surface area contributed by atoms with Gasteiger partial charge in [-0.15, -0.1) is 0 Å². The number of nitrogens with one attached hydrogen (secondary N) is 1. The predicted octanol–water partition coefficient (Wildman–Crippen LogP) is 3.71. The highest BCUT2D eigenvalue weighted by molar-refractivity contribution is 6.02. The molecular formula is C25H29FN4O3. The van der Waals surface area contributed by atoms with Crippen LogP contribution in [0, 0.1) is 0 Å². The highest BCUT2D eigenvalue weighted by atomic mass is 19.1. The molecule has 0 atom stereocenters. The molecule has 2 aromatic heterocycles. The number of nitrogens with zero attached hydrogens (tertiary/aromatic N) is 3. The fourth-order valence-electron chi connectivity index (χ4n) is 4.69. The molecule has 1 aliphatic carbocycles. The molecule has 0 aliphatic heterocycles. The molecule has 33 heavy (non-hydrogen) atoms. The second-order valence-electron chi connectivity index (χ2n) is 8.77. The summed E-state index contributed by atoms with van der Waals surface area (Å²) in [5.74, 6) is -0.403. The number of aromatic hydroxyl groups is 1. The molecule has 0 bridgehead atoms. The Bertz CT molecular complexity index is 1140. The molecule has 174 valence electrons. The first-order valence-electron chi connectivity index (χ1n) is 11.3. The maximum atomic E-state index is 13.2. The van der Waals surface area contributed by atoms with Gasteiger partial charge in [-0.1, -0.05) is 31.4 Å². The summed E-state index contributed by atoms with van der Waals surface area (Å²) < 4.78 is 14.1. The van der Waals surface area contributed by atoms with Gasteiger partial charge in [0.1, 0.15) is 12.4 Å². The van der Waals surface area contributed by atoms with Crippen molar-refractivity contribution in [2.45, 2.75) is 37.5 Å². The van der Waals surface area contributed by atoms with E-state index in [4.69, 9.17) is 0 Å². The molecule has 2 heterocycles. The Morgan fingerprint density at radius 3 is 2.61 bits per heavy atom. The van der Waals surface area contributed by atoms with Crippen LogP contribution in [0.15, 0.2) is 48.7 Å². The van der Waals surface area contributed by atoms with Gasteiger partial charge in [-0.05, 0) is 48.7 Å². The van der Waals surface area contributed by atoms with Crippen molar-refractivity contribution in [3.05, 3.63) is 65.5 Å². The molecule has 0 unspecified atom stereocenters. The molecule has 2 N–H and O–H groups in total. The third kappa shape index (κ3) is 4.69. The van der Waals surface area contributed by atoms with Gasteiger partial charge < -0.3 is 15.3 Å². The van der Waals surface area contributed by atoms with Gasteiger partial charge in [0.05, 0.1) is 11.1 Å². The van der Waals surface area contributed by atoms with Crippen molar-refractivity contribution in [3.63, 3.8) is 0 Å². The summed E-state index contributed by atoms with van der Waals surface area (Å²) in [4.78, 5) is 27.0. The summed E-state index contributed by atoms with van der Waals surface area (Å²) in [5, 5.41) is 17.1. The minimum atomic E-state index is -0.633.